The average molecular weight is 293 g/mol. The molecule has 0 aliphatic carbocycles. The van der Waals surface area contributed by atoms with Crippen LogP contribution in [0.25, 0.3) is 0 Å². The number of esters is 1. The van der Waals surface area contributed by atoms with Gasteiger partial charge >= 0.3 is 5.97 Å². The number of carbonyl (C=O) groups excluding carboxylic acids is 1. The lowest BCUT2D eigenvalue weighted by Gasteiger charge is -2.34. The molecular weight excluding hydrogens is 274 g/mol. The van der Waals surface area contributed by atoms with E-state index in [0.29, 0.717) is 30.5 Å². The van der Waals surface area contributed by atoms with Crippen molar-refractivity contribution >= 4 is 11.8 Å². The van der Waals surface area contributed by atoms with Gasteiger partial charge in [-0.05, 0) is 12.8 Å². The fraction of sp³-hybridized carbons (Fsp3) is 0.643. The van der Waals surface area contributed by atoms with Crippen molar-refractivity contribution in [2.24, 2.45) is 5.92 Å². The summed E-state index contributed by atoms with van der Waals surface area (Å²) in [5.41, 5.74) is 0.409. The Morgan fingerprint density at radius 3 is 2.71 bits per heavy atom. The van der Waals surface area contributed by atoms with E-state index in [-0.39, 0.29) is 6.29 Å². The van der Waals surface area contributed by atoms with Crippen molar-refractivity contribution in [1.29, 1.82) is 0 Å². The van der Waals surface area contributed by atoms with Gasteiger partial charge in [0.05, 0.1) is 20.3 Å². The summed E-state index contributed by atoms with van der Waals surface area (Å²) in [6, 6.07) is 0. The average Bonchev–Trinajstić information content (AvgIpc) is 3.09. The molecule has 3 rings (SSSR count). The van der Waals surface area contributed by atoms with Crippen molar-refractivity contribution in [2.45, 2.75) is 19.1 Å². The third kappa shape index (κ3) is 2.98. The van der Waals surface area contributed by atoms with Gasteiger partial charge in [-0.25, -0.2) is 14.8 Å². The largest absolute Gasteiger partial charge is 0.465 e. The third-order valence-electron chi connectivity index (χ3n) is 3.97. The number of methoxy groups -OCH3 is 1. The van der Waals surface area contributed by atoms with Gasteiger partial charge in [-0.2, -0.15) is 0 Å². The monoisotopic (exact) mass is 293 g/mol. The highest BCUT2D eigenvalue weighted by Crippen LogP contribution is 2.29. The van der Waals surface area contributed by atoms with Crippen LogP contribution in [0, 0.1) is 5.92 Å². The normalized spacial score (nSPS) is 20.7. The first-order valence-electron chi connectivity index (χ1n) is 7.16. The molecule has 1 aromatic heterocycles. The maximum absolute atomic E-state index is 11.8. The highest BCUT2D eigenvalue weighted by molar-refractivity contribution is 5.94. The molecule has 1 aromatic rings. The minimum atomic E-state index is -0.407. The predicted molar refractivity (Wildman–Crippen MR) is 74.0 cm³/mol. The van der Waals surface area contributed by atoms with Crippen molar-refractivity contribution in [2.75, 3.05) is 38.3 Å². The Morgan fingerprint density at radius 1 is 1.33 bits per heavy atom. The molecule has 2 aliphatic rings. The molecule has 7 heteroatoms. The molecule has 3 heterocycles. The molecule has 0 aromatic carbocycles. The van der Waals surface area contributed by atoms with Gasteiger partial charge in [-0.3, -0.25) is 0 Å². The number of carbonyl (C=O) groups is 1. The Bertz CT molecular complexity index is 497. The number of piperidine rings is 1. The van der Waals surface area contributed by atoms with Gasteiger partial charge in [0.2, 0.25) is 0 Å². The van der Waals surface area contributed by atoms with E-state index in [2.05, 4.69) is 14.9 Å². The molecule has 0 spiro atoms. The molecular formula is C14H19N3O4. The fourth-order valence-electron chi connectivity index (χ4n) is 2.86. The lowest BCUT2D eigenvalue weighted by molar-refractivity contribution is -0.0889. The summed E-state index contributed by atoms with van der Waals surface area (Å²) in [4.78, 5) is 22.0. The summed E-state index contributed by atoms with van der Waals surface area (Å²) in [6.07, 6.45) is 4.79. The SMILES string of the molecule is COC(=O)c1cncnc1N1CCC(C2OCCO2)CC1. The first kappa shape index (κ1) is 14.2. The molecule has 21 heavy (non-hydrogen) atoms. The van der Waals surface area contributed by atoms with E-state index in [4.69, 9.17) is 14.2 Å². The van der Waals surface area contributed by atoms with Crippen LogP contribution in [0.1, 0.15) is 23.2 Å². The molecule has 7 nitrogen and oxygen atoms in total. The standard InChI is InChI=1S/C14H19N3O4/c1-19-13(18)11-8-15-9-16-12(11)17-4-2-10(3-5-17)14-20-6-7-21-14/h8-10,14H,2-7H2,1H3. The van der Waals surface area contributed by atoms with Crippen molar-refractivity contribution in [1.82, 2.24) is 9.97 Å². The fourth-order valence-corrected chi connectivity index (χ4v) is 2.86. The molecule has 0 unspecified atom stereocenters. The number of rotatable bonds is 3. The van der Waals surface area contributed by atoms with Gasteiger partial charge in [-0.1, -0.05) is 0 Å². The number of nitrogens with zero attached hydrogens (tertiary/aromatic N) is 3. The van der Waals surface area contributed by atoms with E-state index < -0.39 is 5.97 Å². The summed E-state index contributed by atoms with van der Waals surface area (Å²) in [6.45, 7) is 3.00. The van der Waals surface area contributed by atoms with Crippen LogP contribution in [0.3, 0.4) is 0 Å². The molecule has 2 fully saturated rings. The highest BCUT2D eigenvalue weighted by atomic mass is 16.7. The van der Waals surface area contributed by atoms with Crippen molar-refractivity contribution in [3.8, 4) is 0 Å². The lowest BCUT2D eigenvalue weighted by Crippen LogP contribution is -2.39. The molecule has 0 saturated carbocycles. The zero-order valence-electron chi connectivity index (χ0n) is 12.0. The van der Waals surface area contributed by atoms with Gasteiger partial charge < -0.3 is 19.1 Å². The molecule has 2 aliphatic heterocycles. The second-order valence-corrected chi connectivity index (χ2v) is 5.19. The molecule has 2 saturated heterocycles. The van der Waals surface area contributed by atoms with Crippen LogP contribution in [-0.2, 0) is 14.2 Å². The number of aromatic nitrogens is 2. The van der Waals surface area contributed by atoms with Crippen LogP contribution >= 0.6 is 0 Å². The van der Waals surface area contributed by atoms with E-state index in [1.54, 1.807) is 0 Å². The predicted octanol–water partition coefficient (Wildman–Crippen LogP) is 0.852. The number of ether oxygens (including phenoxy) is 3. The zero-order valence-corrected chi connectivity index (χ0v) is 12.0. The number of hydrogen-bond donors (Lipinski definition) is 0. The van der Waals surface area contributed by atoms with E-state index in [1.165, 1.54) is 19.6 Å². The third-order valence-corrected chi connectivity index (χ3v) is 3.97. The second kappa shape index (κ2) is 6.36. The number of hydrogen-bond acceptors (Lipinski definition) is 7. The van der Waals surface area contributed by atoms with Crippen molar-refractivity contribution < 1.29 is 19.0 Å². The second-order valence-electron chi connectivity index (χ2n) is 5.19. The summed E-state index contributed by atoms with van der Waals surface area (Å²) in [7, 11) is 1.36. The Labute approximate surface area is 123 Å². The summed E-state index contributed by atoms with van der Waals surface area (Å²) in [5.74, 6) is 0.644. The molecule has 0 atom stereocenters. The first-order chi connectivity index (χ1) is 10.3. The van der Waals surface area contributed by atoms with Crippen molar-refractivity contribution in [3.05, 3.63) is 18.1 Å². The summed E-state index contributed by atoms with van der Waals surface area (Å²) >= 11 is 0. The van der Waals surface area contributed by atoms with E-state index in [9.17, 15) is 4.79 Å². The van der Waals surface area contributed by atoms with Crippen LogP contribution in [0.15, 0.2) is 12.5 Å². The topological polar surface area (TPSA) is 73.8 Å². The maximum atomic E-state index is 11.8. The van der Waals surface area contributed by atoms with Crippen LogP contribution in [0.5, 0.6) is 0 Å². The molecule has 114 valence electrons. The smallest absolute Gasteiger partial charge is 0.343 e. The summed E-state index contributed by atoms with van der Waals surface area (Å²) in [5, 5.41) is 0. The molecule has 0 radical (unpaired) electrons. The van der Waals surface area contributed by atoms with Crippen LogP contribution in [0.4, 0.5) is 5.82 Å². The summed E-state index contributed by atoms with van der Waals surface area (Å²) < 4.78 is 15.9. The zero-order chi connectivity index (χ0) is 14.7. The minimum Gasteiger partial charge on any atom is -0.465 e. The minimum absolute atomic E-state index is 0.0716. The maximum Gasteiger partial charge on any atom is 0.343 e. The van der Waals surface area contributed by atoms with Gasteiger partial charge in [0.15, 0.2) is 6.29 Å². The Hall–Kier alpha value is -1.73. The van der Waals surface area contributed by atoms with Crippen molar-refractivity contribution in [3.63, 3.8) is 0 Å². The van der Waals surface area contributed by atoms with Crippen LogP contribution in [-0.4, -0.2) is 55.6 Å². The van der Waals surface area contributed by atoms with Gasteiger partial charge in [0.1, 0.15) is 17.7 Å². The van der Waals surface area contributed by atoms with Gasteiger partial charge in [-0.15, -0.1) is 0 Å². The molecule has 0 bridgehead atoms. The van der Waals surface area contributed by atoms with Gasteiger partial charge in [0, 0.05) is 25.2 Å². The quantitative estimate of drug-likeness (QED) is 0.765. The van der Waals surface area contributed by atoms with Crippen LogP contribution < -0.4 is 4.90 Å². The highest BCUT2D eigenvalue weighted by Gasteiger charge is 2.31. The Kier molecular flexibility index (Phi) is 4.31. The molecule has 0 amide bonds. The Morgan fingerprint density at radius 2 is 2.05 bits per heavy atom. The first-order valence-corrected chi connectivity index (χ1v) is 7.16. The molecule has 0 N–H and O–H groups in total. The van der Waals surface area contributed by atoms with Gasteiger partial charge in [0.25, 0.3) is 0 Å². The number of anilines is 1. The lowest BCUT2D eigenvalue weighted by atomic mass is 9.96. The van der Waals surface area contributed by atoms with E-state index >= 15 is 0 Å². The van der Waals surface area contributed by atoms with E-state index in [0.717, 1.165) is 25.9 Å². The van der Waals surface area contributed by atoms with Crippen LogP contribution in [0.2, 0.25) is 0 Å². The Balaban J connectivity index is 1.68. The van der Waals surface area contributed by atoms with E-state index in [1.807, 2.05) is 0 Å².